The minimum atomic E-state index is -0.668. The monoisotopic (exact) mass is 194 g/mol. The van der Waals surface area contributed by atoms with E-state index in [1.807, 2.05) is 0 Å². The molecule has 0 aromatic heterocycles. The van der Waals surface area contributed by atoms with E-state index in [0.717, 1.165) is 12.5 Å². The SMILES string of the molecule is CC(=O)OOC(=O)c1ccccc1C. The summed E-state index contributed by atoms with van der Waals surface area (Å²) in [6.45, 7) is 2.93. The number of carbonyl (C=O) groups excluding carboxylic acids is 2. The van der Waals surface area contributed by atoms with Crippen LogP contribution in [0.15, 0.2) is 24.3 Å². The van der Waals surface area contributed by atoms with Gasteiger partial charge in [0, 0.05) is 6.92 Å². The lowest BCUT2D eigenvalue weighted by Gasteiger charge is -2.03. The van der Waals surface area contributed by atoms with E-state index >= 15 is 0 Å². The van der Waals surface area contributed by atoms with Gasteiger partial charge in [0.2, 0.25) is 0 Å². The zero-order valence-electron chi connectivity index (χ0n) is 7.94. The van der Waals surface area contributed by atoms with Crippen LogP contribution in [0.3, 0.4) is 0 Å². The normalized spacial score (nSPS) is 9.29. The summed E-state index contributed by atoms with van der Waals surface area (Å²) < 4.78 is 0. The molecular formula is C10H10O4. The Balaban J connectivity index is 2.70. The van der Waals surface area contributed by atoms with Crippen LogP contribution >= 0.6 is 0 Å². The van der Waals surface area contributed by atoms with Crippen LogP contribution in [0.4, 0.5) is 0 Å². The summed E-state index contributed by atoms with van der Waals surface area (Å²) in [7, 11) is 0. The maximum Gasteiger partial charge on any atom is 0.386 e. The Kier molecular flexibility index (Phi) is 3.23. The molecule has 0 N–H and O–H groups in total. The van der Waals surface area contributed by atoms with Gasteiger partial charge < -0.3 is 0 Å². The van der Waals surface area contributed by atoms with Crippen LogP contribution < -0.4 is 0 Å². The van der Waals surface area contributed by atoms with Gasteiger partial charge in [-0.3, -0.25) is 0 Å². The maximum absolute atomic E-state index is 11.3. The average Bonchev–Trinajstić information content (AvgIpc) is 2.15. The summed E-state index contributed by atoms with van der Waals surface area (Å²) >= 11 is 0. The van der Waals surface area contributed by atoms with Crippen molar-refractivity contribution >= 4 is 11.9 Å². The zero-order valence-corrected chi connectivity index (χ0v) is 7.94. The number of hydrogen-bond acceptors (Lipinski definition) is 4. The van der Waals surface area contributed by atoms with Gasteiger partial charge in [-0.2, -0.15) is 0 Å². The molecule has 0 aliphatic heterocycles. The maximum atomic E-state index is 11.3. The van der Waals surface area contributed by atoms with E-state index in [1.54, 1.807) is 31.2 Å². The summed E-state index contributed by atoms with van der Waals surface area (Å²) in [5, 5.41) is 0. The van der Waals surface area contributed by atoms with Crippen LogP contribution in [0.2, 0.25) is 0 Å². The minimum absolute atomic E-state index is 0.383. The Morgan fingerprint density at radius 1 is 1.14 bits per heavy atom. The van der Waals surface area contributed by atoms with Gasteiger partial charge in [-0.05, 0) is 18.6 Å². The second kappa shape index (κ2) is 4.41. The third kappa shape index (κ3) is 2.58. The van der Waals surface area contributed by atoms with Crippen molar-refractivity contribution in [1.29, 1.82) is 0 Å². The van der Waals surface area contributed by atoms with Crippen LogP contribution in [0.25, 0.3) is 0 Å². The van der Waals surface area contributed by atoms with Crippen molar-refractivity contribution in [1.82, 2.24) is 0 Å². The van der Waals surface area contributed by atoms with Crippen LogP contribution in [0.5, 0.6) is 0 Å². The number of benzene rings is 1. The second-order valence-corrected chi connectivity index (χ2v) is 2.76. The molecule has 4 heteroatoms. The Morgan fingerprint density at radius 2 is 1.79 bits per heavy atom. The third-order valence-corrected chi connectivity index (χ3v) is 1.60. The van der Waals surface area contributed by atoms with Gasteiger partial charge in [-0.15, -0.1) is 0 Å². The smallest absolute Gasteiger partial charge is 0.248 e. The lowest BCUT2D eigenvalue weighted by atomic mass is 10.1. The van der Waals surface area contributed by atoms with Crippen molar-refractivity contribution < 1.29 is 19.4 Å². The van der Waals surface area contributed by atoms with E-state index in [2.05, 4.69) is 9.78 Å². The Hall–Kier alpha value is -1.84. The third-order valence-electron chi connectivity index (χ3n) is 1.60. The molecule has 0 spiro atoms. The topological polar surface area (TPSA) is 52.6 Å². The molecule has 74 valence electrons. The standard InChI is InChI=1S/C10H10O4/c1-7-5-3-4-6-9(7)10(12)14-13-8(2)11/h3-6H,1-2H3. The molecule has 0 heterocycles. The average molecular weight is 194 g/mol. The number of carbonyl (C=O) groups is 2. The van der Waals surface area contributed by atoms with Crippen LogP contribution in [0.1, 0.15) is 22.8 Å². The molecule has 0 radical (unpaired) electrons. The largest absolute Gasteiger partial charge is 0.386 e. The van der Waals surface area contributed by atoms with Crippen molar-refractivity contribution in [3.8, 4) is 0 Å². The molecule has 1 aromatic carbocycles. The quantitative estimate of drug-likeness (QED) is 0.503. The van der Waals surface area contributed by atoms with Gasteiger partial charge >= 0.3 is 11.9 Å². The summed E-state index contributed by atoms with van der Waals surface area (Å²) in [4.78, 5) is 30.0. The molecule has 4 nitrogen and oxygen atoms in total. The first kappa shape index (κ1) is 10.2. The van der Waals surface area contributed by atoms with Gasteiger partial charge in [0.05, 0.1) is 5.56 Å². The lowest BCUT2D eigenvalue weighted by molar-refractivity contribution is -0.231. The van der Waals surface area contributed by atoms with Crippen LogP contribution in [-0.2, 0) is 14.6 Å². The molecule has 1 aromatic rings. The molecule has 0 unspecified atom stereocenters. The molecule has 14 heavy (non-hydrogen) atoms. The fourth-order valence-corrected chi connectivity index (χ4v) is 0.943. The van der Waals surface area contributed by atoms with Gasteiger partial charge in [-0.1, -0.05) is 18.2 Å². The van der Waals surface area contributed by atoms with Crippen molar-refractivity contribution in [3.63, 3.8) is 0 Å². The number of rotatable bonds is 1. The minimum Gasteiger partial charge on any atom is -0.248 e. The molecule has 0 amide bonds. The highest BCUT2D eigenvalue weighted by atomic mass is 17.2. The van der Waals surface area contributed by atoms with Crippen molar-refractivity contribution in [2.75, 3.05) is 0 Å². The highest BCUT2D eigenvalue weighted by molar-refractivity contribution is 5.90. The lowest BCUT2D eigenvalue weighted by Crippen LogP contribution is -2.10. The van der Waals surface area contributed by atoms with Crippen molar-refractivity contribution in [3.05, 3.63) is 35.4 Å². The number of hydrogen-bond donors (Lipinski definition) is 0. The highest BCUT2D eigenvalue weighted by Gasteiger charge is 2.11. The molecular weight excluding hydrogens is 184 g/mol. The predicted molar refractivity (Wildman–Crippen MR) is 48.4 cm³/mol. The van der Waals surface area contributed by atoms with Crippen LogP contribution in [0, 0.1) is 6.92 Å². The van der Waals surface area contributed by atoms with E-state index in [4.69, 9.17) is 0 Å². The molecule has 0 bridgehead atoms. The molecule has 0 fully saturated rings. The summed E-state index contributed by atoms with van der Waals surface area (Å²) in [5.41, 5.74) is 1.15. The Labute approximate surface area is 81.4 Å². The Morgan fingerprint density at radius 3 is 2.36 bits per heavy atom. The fraction of sp³-hybridized carbons (Fsp3) is 0.200. The molecule has 0 saturated carbocycles. The van der Waals surface area contributed by atoms with E-state index in [0.29, 0.717) is 5.56 Å². The van der Waals surface area contributed by atoms with Gasteiger partial charge in [0.25, 0.3) is 0 Å². The summed E-state index contributed by atoms with van der Waals surface area (Å²) in [5.74, 6) is -1.33. The second-order valence-electron chi connectivity index (χ2n) is 2.76. The van der Waals surface area contributed by atoms with E-state index in [9.17, 15) is 9.59 Å². The highest BCUT2D eigenvalue weighted by Crippen LogP contribution is 2.08. The van der Waals surface area contributed by atoms with E-state index in [-0.39, 0.29) is 0 Å². The van der Waals surface area contributed by atoms with Gasteiger partial charge in [-0.25, -0.2) is 19.4 Å². The Bertz CT molecular complexity index is 357. The molecule has 0 aliphatic carbocycles. The molecule has 0 aliphatic rings. The number of aryl methyl sites for hydroxylation is 1. The van der Waals surface area contributed by atoms with Crippen molar-refractivity contribution in [2.24, 2.45) is 0 Å². The zero-order chi connectivity index (χ0) is 10.6. The first-order chi connectivity index (χ1) is 6.61. The molecule has 1 rings (SSSR count). The summed E-state index contributed by atoms with van der Waals surface area (Å²) in [6.07, 6.45) is 0. The predicted octanol–water partition coefficient (Wildman–Crippen LogP) is 1.63. The first-order valence-electron chi connectivity index (χ1n) is 4.06. The van der Waals surface area contributed by atoms with E-state index < -0.39 is 11.9 Å². The molecule has 0 saturated heterocycles. The van der Waals surface area contributed by atoms with Gasteiger partial charge in [0.1, 0.15) is 0 Å². The van der Waals surface area contributed by atoms with Crippen LogP contribution in [-0.4, -0.2) is 11.9 Å². The first-order valence-corrected chi connectivity index (χ1v) is 4.06. The van der Waals surface area contributed by atoms with Gasteiger partial charge in [0.15, 0.2) is 0 Å². The van der Waals surface area contributed by atoms with Crippen molar-refractivity contribution in [2.45, 2.75) is 13.8 Å². The van der Waals surface area contributed by atoms with E-state index in [1.165, 1.54) is 0 Å². The molecule has 0 atom stereocenters. The fourth-order valence-electron chi connectivity index (χ4n) is 0.943. The summed E-state index contributed by atoms with van der Waals surface area (Å²) in [6, 6.07) is 6.88.